The molecule has 11 heavy (non-hydrogen) atoms. The number of hydrogen-bond donors (Lipinski definition) is 0. The quantitative estimate of drug-likeness (QED) is 0.559. The SMILES string of the molecule is CCCC(C)CC(C)(C)C=O. The molecule has 66 valence electrons. The van der Waals surface area contributed by atoms with Crippen LogP contribution < -0.4 is 0 Å². The van der Waals surface area contributed by atoms with Crippen LogP contribution in [0.1, 0.15) is 47.0 Å². The predicted molar refractivity (Wildman–Crippen MR) is 48.5 cm³/mol. The fraction of sp³-hybridized carbons (Fsp3) is 0.900. The maximum Gasteiger partial charge on any atom is 0.125 e. The predicted octanol–water partition coefficient (Wildman–Crippen LogP) is 3.04. The van der Waals surface area contributed by atoms with E-state index in [0.717, 1.165) is 12.7 Å². The first-order valence-electron chi connectivity index (χ1n) is 4.48. The Morgan fingerprint density at radius 2 is 2.00 bits per heavy atom. The van der Waals surface area contributed by atoms with E-state index in [2.05, 4.69) is 13.8 Å². The molecule has 0 aromatic heterocycles. The molecular weight excluding hydrogens is 136 g/mol. The van der Waals surface area contributed by atoms with Crippen molar-refractivity contribution in [3.05, 3.63) is 0 Å². The summed E-state index contributed by atoms with van der Waals surface area (Å²) in [5.74, 6) is 0.681. The summed E-state index contributed by atoms with van der Waals surface area (Å²) in [6.07, 6.45) is 4.54. The van der Waals surface area contributed by atoms with Crippen LogP contribution in [0.15, 0.2) is 0 Å². The third-order valence-corrected chi connectivity index (χ3v) is 1.98. The van der Waals surface area contributed by atoms with Crippen molar-refractivity contribution in [2.24, 2.45) is 11.3 Å². The molecule has 1 unspecified atom stereocenters. The van der Waals surface area contributed by atoms with Crippen LogP contribution in [0.3, 0.4) is 0 Å². The maximum absolute atomic E-state index is 10.6. The van der Waals surface area contributed by atoms with E-state index in [-0.39, 0.29) is 5.41 Å². The molecule has 0 saturated carbocycles. The molecule has 0 aliphatic carbocycles. The van der Waals surface area contributed by atoms with Crippen molar-refractivity contribution in [3.63, 3.8) is 0 Å². The molecule has 0 aliphatic rings. The van der Waals surface area contributed by atoms with Crippen LogP contribution in [0.2, 0.25) is 0 Å². The van der Waals surface area contributed by atoms with Gasteiger partial charge in [-0.3, -0.25) is 0 Å². The summed E-state index contributed by atoms with van der Waals surface area (Å²) in [5.41, 5.74) is -0.116. The van der Waals surface area contributed by atoms with Crippen LogP contribution in [0.4, 0.5) is 0 Å². The van der Waals surface area contributed by atoms with Gasteiger partial charge in [0.2, 0.25) is 0 Å². The van der Waals surface area contributed by atoms with Gasteiger partial charge < -0.3 is 4.79 Å². The molecule has 1 atom stereocenters. The fourth-order valence-electron chi connectivity index (χ4n) is 1.54. The van der Waals surface area contributed by atoms with E-state index in [4.69, 9.17) is 0 Å². The summed E-state index contributed by atoms with van der Waals surface area (Å²) in [5, 5.41) is 0. The number of aldehydes is 1. The number of rotatable bonds is 5. The monoisotopic (exact) mass is 156 g/mol. The molecule has 0 aliphatic heterocycles. The van der Waals surface area contributed by atoms with Gasteiger partial charge in [0.25, 0.3) is 0 Å². The van der Waals surface area contributed by atoms with Gasteiger partial charge in [0, 0.05) is 5.41 Å². The molecule has 0 rings (SSSR count). The van der Waals surface area contributed by atoms with E-state index >= 15 is 0 Å². The van der Waals surface area contributed by atoms with E-state index in [9.17, 15) is 4.79 Å². The lowest BCUT2D eigenvalue weighted by Crippen LogP contribution is -2.16. The minimum Gasteiger partial charge on any atom is -0.303 e. The van der Waals surface area contributed by atoms with E-state index in [1.54, 1.807) is 0 Å². The van der Waals surface area contributed by atoms with Crippen molar-refractivity contribution in [3.8, 4) is 0 Å². The standard InChI is InChI=1S/C10H20O/c1-5-6-9(2)7-10(3,4)8-11/h8-9H,5-7H2,1-4H3. The molecule has 0 aromatic carbocycles. The van der Waals surface area contributed by atoms with Gasteiger partial charge in [-0.15, -0.1) is 0 Å². The Hall–Kier alpha value is -0.330. The summed E-state index contributed by atoms with van der Waals surface area (Å²) in [7, 11) is 0. The topological polar surface area (TPSA) is 17.1 Å². The summed E-state index contributed by atoms with van der Waals surface area (Å²) < 4.78 is 0. The third kappa shape index (κ3) is 5.00. The van der Waals surface area contributed by atoms with Crippen LogP contribution in [-0.4, -0.2) is 6.29 Å². The van der Waals surface area contributed by atoms with E-state index < -0.39 is 0 Å². The minimum atomic E-state index is -0.116. The summed E-state index contributed by atoms with van der Waals surface area (Å²) in [6, 6.07) is 0. The van der Waals surface area contributed by atoms with Gasteiger partial charge in [-0.25, -0.2) is 0 Å². The van der Waals surface area contributed by atoms with Crippen LogP contribution >= 0.6 is 0 Å². The Kier molecular flexibility index (Phi) is 4.39. The zero-order valence-corrected chi connectivity index (χ0v) is 8.18. The fourth-order valence-corrected chi connectivity index (χ4v) is 1.54. The number of carbonyl (C=O) groups excluding carboxylic acids is 1. The molecule has 1 heteroatoms. The third-order valence-electron chi connectivity index (χ3n) is 1.98. The maximum atomic E-state index is 10.6. The van der Waals surface area contributed by atoms with Gasteiger partial charge >= 0.3 is 0 Å². The highest BCUT2D eigenvalue weighted by molar-refractivity contribution is 5.57. The van der Waals surface area contributed by atoms with Crippen molar-refractivity contribution in [1.29, 1.82) is 0 Å². The van der Waals surface area contributed by atoms with E-state index in [1.807, 2.05) is 13.8 Å². The highest BCUT2D eigenvalue weighted by atomic mass is 16.1. The molecule has 0 bridgehead atoms. The van der Waals surface area contributed by atoms with Crippen molar-refractivity contribution in [2.75, 3.05) is 0 Å². The molecule has 0 fully saturated rings. The van der Waals surface area contributed by atoms with Crippen molar-refractivity contribution >= 4 is 6.29 Å². The number of carbonyl (C=O) groups is 1. The zero-order valence-electron chi connectivity index (χ0n) is 8.18. The normalized spacial score (nSPS) is 14.5. The lowest BCUT2D eigenvalue weighted by Gasteiger charge is -2.21. The smallest absolute Gasteiger partial charge is 0.125 e. The van der Waals surface area contributed by atoms with Crippen molar-refractivity contribution in [1.82, 2.24) is 0 Å². The first-order chi connectivity index (χ1) is 5.02. The molecule has 0 heterocycles. The average Bonchev–Trinajstić information content (AvgIpc) is 1.87. The van der Waals surface area contributed by atoms with Crippen LogP contribution in [0.5, 0.6) is 0 Å². The lowest BCUT2D eigenvalue weighted by atomic mass is 9.83. The molecule has 0 saturated heterocycles. The first kappa shape index (κ1) is 10.7. The second kappa shape index (κ2) is 4.53. The largest absolute Gasteiger partial charge is 0.303 e. The second-order valence-corrected chi connectivity index (χ2v) is 4.20. The zero-order chi connectivity index (χ0) is 8.91. The summed E-state index contributed by atoms with van der Waals surface area (Å²) in [6.45, 7) is 8.41. The van der Waals surface area contributed by atoms with E-state index in [0.29, 0.717) is 5.92 Å². The Bertz CT molecular complexity index is 116. The molecular formula is C10H20O. The van der Waals surface area contributed by atoms with Gasteiger partial charge in [0.15, 0.2) is 0 Å². The molecule has 0 aromatic rings. The molecule has 0 radical (unpaired) electrons. The minimum absolute atomic E-state index is 0.116. The van der Waals surface area contributed by atoms with Gasteiger partial charge in [-0.2, -0.15) is 0 Å². The van der Waals surface area contributed by atoms with Gasteiger partial charge in [-0.1, -0.05) is 40.5 Å². The molecule has 0 N–H and O–H groups in total. The molecule has 0 spiro atoms. The highest BCUT2D eigenvalue weighted by Gasteiger charge is 2.19. The summed E-state index contributed by atoms with van der Waals surface area (Å²) >= 11 is 0. The Labute approximate surface area is 70.2 Å². The lowest BCUT2D eigenvalue weighted by molar-refractivity contribution is -0.115. The Morgan fingerprint density at radius 3 is 2.36 bits per heavy atom. The average molecular weight is 156 g/mol. The first-order valence-corrected chi connectivity index (χ1v) is 4.48. The molecule has 1 nitrogen and oxygen atoms in total. The van der Waals surface area contributed by atoms with Crippen LogP contribution in [-0.2, 0) is 4.79 Å². The van der Waals surface area contributed by atoms with Gasteiger partial charge in [0.05, 0.1) is 0 Å². The van der Waals surface area contributed by atoms with Gasteiger partial charge in [0.1, 0.15) is 6.29 Å². The Balaban J connectivity index is 3.72. The van der Waals surface area contributed by atoms with Crippen LogP contribution in [0, 0.1) is 11.3 Å². The second-order valence-electron chi connectivity index (χ2n) is 4.20. The number of hydrogen-bond acceptors (Lipinski definition) is 1. The van der Waals surface area contributed by atoms with Crippen molar-refractivity contribution in [2.45, 2.75) is 47.0 Å². The van der Waals surface area contributed by atoms with Crippen LogP contribution in [0.25, 0.3) is 0 Å². The highest BCUT2D eigenvalue weighted by Crippen LogP contribution is 2.24. The summed E-state index contributed by atoms with van der Waals surface area (Å²) in [4.78, 5) is 10.6. The Morgan fingerprint density at radius 1 is 1.45 bits per heavy atom. The van der Waals surface area contributed by atoms with Gasteiger partial charge in [-0.05, 0) is 12.3 Å². The van der Waals surface area contributed by atoms with E-state index in [1.165, 1.54) is 12.8 Å². The van der Waals surface area contributed by atoms with Crippen molar-refractivity contribution < 1.29 is 4.79 Å². The molecule has 0 amide bonds.